The highest BCUT2D eigenvalue weighted by Gasteiger charge is 2.28. The largest absolute Gasteiger partial charge is 0.374 e. The Labute approximate surface area is 133 Å². The van der Waals surface area contributed by atoms with E-state index in [4.69, 9.17) is 5.73 Å². The van der Waals surface area contributed by atoms with Crippen LogP contribution in [0.2, 0.25) is 0 Å². The van der Waals surface area contributed by atoms with Crippen molar-refractivity contribution in [2.45, 2.75) is 31.8 Å². The number of nitrogens with one attached hydrogen (secondary N) is 1. The summed E-state index contributed by atoms with van der Waals surface area (Å²) in [6.07, 6.45) is 1.81. The molecule has 1 heterocycles. The van der Waals surface area contributed by atoms with E-state index in [9.17, 15) is 4.79 Å². The molecule has 3 N–H and O–H groups in total. The van der Waals surface area contributed by atoms with Crippen molar-refractivity contribution in [3.8, 4) is 0 Å². The predicted molar refractivity (Wildman–Crippen MR) is 86.7 cm³/mol. The summed E-state index contributed by atoms with van der Waals surface area (Å²) in [7, 11) is 1.84. The zero-order valence-corrected chi connectivity index (χ0v) is 13.4. The summed E-state index contributed by atoms with van der Waals surface area (Å²) in [5.74, 6) is 0. The number of nitrogens with zero attached hydrogens (tertiary/aromatic N) is 3. The summed E-state index contributed by atoms with van der Waals surface area (Å²) in [4.78, 5) is 14.2. The molecule has 2 amide bonds. The van der Waals surface area contributed by atoms with Crippen LogP contribution in [0.15, 0.2) is 24.3 Å². The minimum absolute atomic E-state index is 0.0981. The van der Waals surface area contributed by atoms with Crippen molar-refractivity contribution in [2.75, 3.05) is 12.8 Å². The first kappa shape index (κ1) is 14.8. The molecule has 1 aromatic carbocycles. The van der Waals surface area contributed by atoms with Crippen LogP contribution in [0.1, 0.15) is 29.1 Å². The Bertz CT molecular complexity index is 661. The number of nitrogens with two attached hydrogens (primary N) is 1. The second-order valence-corrected chi connectivity index (χ2v) is 6.63. The number of hydrogen-bond acceptors (Lipinski definition) is 5. The molecular formula is C15H19N5OS. The van der Waals surface area contributed by atoms with Gasteiger partial charge in [0.15, 0.2) is 0 Å². The number of nitrogen functional groups attached to an aromatic ring is 1. The van der Waals surface area contributed by atoms with Gasteiger partial charge < -0.3 is 16.0 Å². The quantitative estimate of drug-likeness (QED) is 0.907. The highest BCUT2D eigenvalue weighted by Crippen LogP contribution is 2.25. The maximum absolute atomic E-state index is 12.4. The predicted octanol–water partition coefficient (Wildman–Crippen LogP) is 1.99. The first-order valence-corrected chi connectivity index (χ1v) is 8.05. The van der Waals surface area contributed by atoms with Crippen LogP contribution in [0.25, 0.3) is 0 Å². The maximum Gasteiger partial charge on any atom is 0.317 e. The van der Waals surface area contributed by atoms with E-state index in [2.05, 4.69) is 27.6 Å². The van der Waals surface area contributed by atoms with Crippen molar-refractivity contribution in [2.24, 2.45) is 0 Å². The zero-order chi connectivity index (χ0) is 15.7. The first-order chi connectivity index (χ1) is 10.5. The van der Waals surface area contributed by atoms with Crippen molar-refractivity contribution >= 4 is 22.5 Å². The van der Waals surface area contributed by atoms with Gasteiger partial charge in [0.25, 0.3) is 0 Å². The van der Waals surface area contributed by atoms with Crippen LogP contribution in [0.5, 0.6) is 0 Å². The minimum atomic E-state index is -0.200. The van der Waals surface area contributed by atoms with Gasteiger partial charge in [-0.25, -0.2) is 4.79 Å². The van der Waals surface area contributed by atoms with Gasteiger partial charge in [-0.15, -0.1) is 10.2 Å². The Kier molecular flexibility index (Phi) is 3.98. The van der Waals surface area contributed by atoms with Crippen LogP contribution in [-0.2, 0) is 12.8 Å². The Morgan fingerprint density at radius 1 is 1.36 bits per heavy atom. The molecular weight excluding hydrogens is 298 g/mol. The van der Waals surface area contributed by atoms with E-state index < -0.39 is 0 Å². The topological polar surface area (TPSA) is 84.1 Å². The van der Waals surface area contributed by atoms with Crippen LogP contribution in [0.3, 0.4) is 0 Å². The maximum atomic E-state index is 12.4. The number of rotatable bonds is 3. The third kappa shape index (κ3) is 2.89. The monoisotopic (exact) mass is 317 g/mol. The average Bonchev–Trinajstić information content (AvgIpc) is 3.12. The molecule has 1 atom stereocenters. The molecule has 1 aliphatic rings. The second-order valence-electron chi connectivity index (χ2n) is 5.59. The molecule has 3 rings (SSSR count). The van der Waals surface area contributed by atoms with Gasteiger partial charge in [0.1, 0.15) is 5.01 Å². The van der Waals surface area contributed by atoms with Crippen LogP contribution in [0, 0.1) is 0 Å². The number of anilines is 1. The molecule has 0 saturated heterocycles. The van der Waals surface area contributed by atoms with Crippen LogP contribution in [0.4, 0.5) is 9.93 Å². The molecule has 22 heavy (non-hydrogen) atoms. The van der Waals surface area contributed by atoms with Gasteiger partial charge in [-0.3, -0.25) is 0 Å². The van der Waals surface area contributed by atoms with E-state index in [1.54, 1.807) is 4.90 Å². The lowest BCUT2D eigenvalue weighted by molar-refractivity contribution is 0.188. The van der Waals surface area contributed by atoms with Gasteiger partial charge >= 0.3 is 6.03 Å². The van der Waals surface area contributed by atoms with Crippen molar-refractivity contribution in [3.05, 3.63) is 40.4 Å². The number of fused-ring (bicyclic) bond motifs is 1. The van der Waals surface area contributed by atoms with E-state index in [1.807, 2.05) is 26.1 Å². The lowest BCUT2D eigenvalue weighted by Crippen LogP contribution is -2.44. The van der Waals surface area contributed by atoms with Gasteiger partial charge in [0.05, 0.1) is 6.04 Å². The number of aromatic nitrogens is 2. The van der Waals surface area contributed by atoms with Crippen LogP contribution >= 0.6 is 11.3 Å². The molecule has 1 aliphatic carbocycles. The number of hydrogen-bond donors (Lipinski definition) is 2. The van der Waals surface area contributed by atoms with E-state index in [0.29, 0.717) is 10.1 Å². The van der Waals surface area contributed by atoms with Gasteiger partial charge in [0, 0.05) is 13.1 Å². The lowest BCUT2D eigenvalue weighted by Gasteiger charge is -2.26. The summed E-state index contributed by atoms with van der Waals surface area (Å²) in [5.41, 5.74) is 8.24. The Balaban J connectivity index is 1.61. The molecule has 1 aromatic heterocycles. The number of carbonyl (C=O) groups excluding carboxylic acids is 1. The van der Waals surface area contributed by atoms with Crippen molar-refractivity contribution in [3.63, 3.8) is 0 Å². The standard InChI is InChI=1S/C15H19N5OS/c1-9(13-18-19-14(16)22-13)17-15(21)20(2)12-7-10-5-3-4-6-11(10)8-12/h3-6,9,12H,7-8H2,1-2H3,(H2,16,19)(H,17,21). The SMILES string of the molecule is CC(NC(=O)N(C)C1Cc2ccccc2C1)c1nnc(N)s1. The highest BCUT2D eigenvalue weighted by molar-refractivity contribution is 7.15. The van der Waals surface area contributed by atoms with Gasteiger partial charge in [-0.05, 0) is 30.9 Å². The molecule has 1 unspecified atom stereocenters. The third-order valence-electron chi connectivity index (χ3n) is 4.06. The fraction of sp³-hybridized carbons (Fsp3) is 0.400. The Hall–Kier alpha value is -2.15. The molecule has 0 spiro atoms. The molecule has 0 bridgehead atoms. The zero-order valence-electron chi connectivity index (χ0n) is 12.6. The minimum Gasteiger partial charge on any atom is -0.374 e. The summed E-state index contributed by atoms with van der Waals surface area (Å²) in [5, 5.41) is 11.8. The van der Waals surface area contributed by atoms with Gasteiger partial charge in [-0.2, -0.15) is 0 Å². The molecule has 0 saturated carbocycles. The smallest absolute Gasteiger partial charge is 0.317 e. The summed E-state index contributed by atoms with van der Waals surface area (Å²) >= 11 is 1.29. The molecule has 6 nitrogen and oxygen atoms in total. The first-order valence-electron chi connectivity index (χ1n) is 7.23. The number of amides is 2. The van der Waals surface area contributed by atoms with Gasteiger partial charge in [-0.1, -0.05) is 35.6 Å². The number of carbonyl (C=O) groups is 1. The lowest BCUT2D eigenvalue weighted by atomic mass is 10.1. The normalized spacial score (nSPS) is 15.4. The van der Waals surface area contributed by atoms with Crippen LogP contribution < -0.4 is 11.1 Å². The van der Waals surface area contributed by atoms with E-state index in [1.165, 1.54) is 22.5 Å². The second kappa shape index (κ2) is 5.92. The molecule has 116 valence electrons. The van der Waals surface area contributed by atoms with Crippen molar-refractivity contribution in [1.29, 1.82) is 0 Å². The highest BCUT2D eigenvalue weighted by atomic mass is 32.1. The van der Waals surface area contributed by atoms with E-state index in [0.717, 1.165) is 12.8 Å². The molecule has 0 radical (unpaired) electrons. The Morgan fingerprint density at radius 2 is 2.00 bits per heavy atom. The number of likely N-dealkylation sites (N-methyl/N-ethyl adjacent to an activating group) is 1. The van der Waals surface area contributed by atoms with Crippen molar-refractivity contribution < 1.29 is 4.79 Å². The summed E-state index contributed by atoms with van der Waals surface area (Å²) in [6, 6.07) is 8.25. The molecule has 7 heteroatoms. The molecule has 0 aliphatic heterocycles. The molecule has 2 aromatic rings. The summed E-state index contributed by atoms with van der Waals surface area (Å²) in [6.45, 7) is 1.88. The number of urea groups is 1. The van der Waals surface area contributed by atoms with Crippen LogP contribution in [-0.4, -0.2) is 34.2 Å². The van der Waals surface area contributed by atoms with Gasteiger partial charge in [0.2, 0.25) is 5.13 Å². The number of benzene rings is 1. The average molecular weight is 317 g/mol. The third-order valence-corrected chi connectivity index (χ3v) is 5.00. The molecule has 0 fully saturated rings. The summed E-state index contributed by atoms with van der Waals surface area (Å²) < 4.78 is 0. The fourth-order valence-corrected chi connectivity index (χ4v) is 3.36. The van der Waals surface area contributed by atoms with E-state index >= 15 is 0 Å². The van der Waals surface area contributed by atoms with E-state index in [-0.39, 0.29) is 18.1 Å². The fourth-order valence-electron chi connectivity index (χ4n) is 2.75. The Morgan fingerprint density at radius 3 is 2.55 bits per heavy atom. The van der Waals surface area contributed by atoms with Crippen molar-refractivity contribution in [1.82, 2.24) is 20.4 Å².